The van der Waals surface area contributed by atoms with Crippen LogP contribution < -0.4 is 0 Å². The number of hydrogen-bond acceptors (Lipinski definition) is 3. The lowest BCUT2D eigenvalue weighted by molar-refractivity contribution is -0.0210. The highest BCUT2D eigenvalue weighted by Crippen LogP contribution is 2.17. The molecule has 0 fully saturated rings. The lowest BCUT2D eigenvalue weighted by Crippen LogP contribution is -2.47. The molecule has 0 saturated heterocycles. The first-order valence-electron chi connectivity index (χ1n) is 5.98. The molecule has 0 bridgehead atoms. The summed E-state index contributed by atoms with van der Waals surface area (Å²) in [7, 11) is 1.72. The molecule has 0 heterocycles. The van der Waals surface area contributed by atoms with Gasteiger partial charge in [-0.25, -0.2) is 0 Å². The Kier molecular flexibility index (Phi) is 7.14. The Hall–Kier alpha value is -0.120. The van der Waals surface area contributed by atoms with Crippen LogP contribution in [0.5, 0.6) is 0 Å². The first kappa shape index (κ1) is 14.9. The van der Waals surface area contributed by atoms with Crippen molar-refractivity contribution >= 4 is 0 Å². The van der Waals surface area contributed by atoms with Gasteiger partial charge in [-0.3, -0.25) is 4.90 Å². The van der Waals surface area contributed by atoms with Crippen LogP contribution >= 0.6 is 0 Å². The van der Waals surface area contributed by atoms with Crippen molar-refractivity contribution in [2.75, 3.05) is 26.8 Å². The molecule has 0 aromatic rings. The predicted molar refractivity (Wildman–Crippen MR) is 64.1 cm³/mol. The van der Waals surface area contributed by atoms with E-state index in [2.05, 4.69) is 18.7 Å². The maximum atomic E-state index is 10.3. The summed E-state index contributed by atoms with van der Waals surface area (Å²) in [5, 5.41) is 10.3. The highest BCUT2D eigenvalue weighted by molar-refractivity contribution is 4.81. The molecule has 0 spiro atoms. The average Bonchev–Trinajstić information content (AvgIpc) is 2.26. The maximum absolute atomic E-state index is 10.3. The molecular weight excluding hydrogens is 190 g/mol. The minimum atomic E-state index is -0.544. The lowest BCUT2D eigenvalue weighted by atomic mass is 9.96. The van der Waals surface area contributed by atoms with Crippen molar-refractivity contribution in [3.63, 3.8) is 0 Å². The molecule has 0 amide bonds. The zero-order chi connectivity index (χ0) is 11.9. The molecule has 0 aliphatic heterocycles. The normalized spacial score (nSPS) is 14.6. The van der Waals surface area contributed by atoms with Gasteiger partial charge in [-0.15, -0.1) is 0 Å². The number of aliphatic hydroxyl groups is 1. The van der Waals surface area contributed by atoms with E-state index in [1.54, 1.807) is 7.11 Å². The molecule has 0 aromatic heterocycles. The van der Waals surface area contributed by atoms with Gasteiger partial charge in [-0.1, -0.05) is 20.8 Å². The van der Waals surface area contributed by atoms with Gasteiger partial charge >= 0.3 is 0 Å². The topological polar surface area (TPSA) is 32.7 Å². The Morgan fingerprint density at radius 3 is 2.13 bits per heavy atom. The zero-order valence-corrected chi connectivity index (χ0v) is 10.9. The summed E-state index contributed by atoms with van der Waals surface area (Å²) in [5.41, 5.74) is -0.544. The van der Waals surface area contributed by atoms with Crippen LogP contribution in [-0.4, -0.2) is 48.5 Å². The fourth-order valence-electron chi connectivity index (χ4n) is 1.78. The molecule has 0 rings (SSSR count). The summed E-state index contributed by atoms with van der Waals surface area (Å²) in [5.74, 6) is 0. The van der Waals surface area contributed by atoms with E-state index in [1.165, 1.54) is 0 Å². The van der Waals surface area contributed by atoms with Crippen LogP contribution in [0, 0.1) is 0 Å². The van der Waals surface area contributed by atoms with Crippen LogP contribution in [0.1, 0.15) is 40.5 Å². The van der Waals surface area contributed by atoms with E-state index in [9.17, 15) is 5.11 Å². The first-order valence-corrected chi connectivity index (χ1v) is 5.98. The van der Waals surface area contributed by atoms with E-state index in [1.807, 2.05) is 13.8 Å². The lowest BCUT2D eigenvalue weighted by Gasteiger charge is -2.35. The van der Waals surface area contributed by atoms with Gasteiger partial charge in [-0.05, 0) is 26.3 Å². The number of hydrogen-bond donors (Lipinski definition) is 1. The van der Waals surface area contributed by atoms with E-state index in [-0.39, 0.29) is 0 Å². The summed E-state index contributed by atoms with van der Waals surface area (Å²) in [6.07, 6.45) is 1.61. The molecule has 1 unspecified atom stereocenters. The smallest absolute Gasteiger partial charge is 0.0769 e. The van der Waals surface area contributed by atoms with E-state index in [4.69, 9.17) is 4.74 Å². The van der Waals surface area contributed by atoms with Crippen molar-refractivity contribution in [1.29, 1.82) is 0 Å². The van der Waals surface area contributed by atoms with Crippen LogP contribution in [0.15, 0.2) is 0 Å². The van der Waals surface area contributed by atoms with Crippen LogP contribution in [0.4, 0.5) is 0 Å². The molecule has 3 nitrogen and oxygen atoms in total. The molecule has 0 aliphatic carbocycles. The number of ether oxygens (including phenoxy) is 1. The average molecular weight is 217 g/mol. The van der Waals surface area contributed by atoms with Crippen LogP contribution in [0.25, 0.3) is 0 Å². The number of nitrogens with zero attached hydrogens (tertiary/aromatic N) is 1. The Bertz CT molecular complexity index is 158. The van der Waals surface area contributed by atoms with Crippen molar-refractivity contribution in [2.45, 2.75) is 52.2 Å². The summed E-state index contributed by atoms with van der Waals surface area (Å²) < 4.78 is 5.14. The highest BCUT2D eigenvalue weighted by Gasteiger charge is 2.26. The zero-order valence-electron chi connectivity index (χ0n) is 10.9. The first-order chi connectivity index (χ1) is 7.02. The standard InChI is InChI=1S/C12H27NO2/c1-6-12(14,7-2)10-13(8-3)11(4)9-15-5/h11,14H,6-10H2,1-5H3. The van der Waals surface area contributed by atoms with E-state index < -0.39 is 5.60 Å². The second kappa shape index (κ2) is 7.20. The van der Waals surface area contributed by atoms with Crippen molar-refractivity contribution in [2.24, 2.45) is 0 Å². The molecule has 3 heteroatoms. The van der Waals surface area contributed by atoms with Crippen LogP contribution in [-0.2, 0) is 4.74 Å². The quantitative estimate of drug-likeness (QED) is 0.674. The SMILES string of the molecule is CCN(CC(O)(CC)CC)C(C)COC. The molecule has 92 valence electrons. The second-order valence-electron chi connectivity index (χ2n) is 4.30. The van der Waals surface area contributed by atoms with E-state index in [0.717, 1.165) is 32.5 Å². The van der Waals surface area contributed by atoms with Gasteiger partial charge in [0.25, 0.3) is 0 Å². The van der Waals surface area contributed by atoms with Crippen LogP contribution in [0.3, 0.4) is 0 Å². The number of methoxy groups -OCH3 is 1. The molecule has 15 heavy (non-hydrogen) atoms. The Labute approximate surface area is 94.4 Å². The van der Waals surface area contributed by atoms with Gasteiger partial charge < -0.3 is 9.84 Å². The van der Waals surface area contributed by atoms with Crippen molar-refractivity contribution in [3.05, 3.63) is 0 Å². The second-order valence-corrected chi connectivity index (χ2v) is 4.30. The minimum absolute atomic E-state index is 0.365. The van der Waals surface area contributed by atoms with Gasteiger partial charge in [0.15, 0.2) is 0 Å². The van der Waals surface area contributed by atoms with Crippen molar-refractivity contribution in [3.8, 4) is 0 Å². The summed E-state index contributed by atoms with van der Waals surface area (Å²) in [4.78, 5) is 2.27. The van der Waals surface area contributed by atoms with Gasteiger partial charge in [0.2, 0.25) is 0 Å². The fourth-order valence-corrected chi connectivity index (χ4v) is 1.78. The Morgan fingerprint density at radius 1 is 1.27 bits per heavy atom. The largest absolute Gasteiger partial charge is 0.389 e. The maximum Gasteiger partial charge on any atom is 0.0769 e. The molecule has 0 radical (unpaired) electrons. The third-order valence-electron chi connectivity index (χ3n) is 3.25. The summed E-state index contributed by atoms with van der Waals surface area (Å²) >= 11 is 0. The summed E-state index contributed by atoms with van der Waals surface area (Å²) in [6.45, 7) is 10.7. The Morgan fingerprint density at radius 2 is 1.80 bits per heavy atom. The fraction of sp³-hybridized carbons (Fsp3) is 1.00. The molecule has 1 N–H and O–H groups in total. The highest BCUT2D eigenvalue weighted by atomic mass is 16.5. The van der Waals surface area contributed by atoms with E-state index >= 15 is 0 Å². The van der Waals surface area contributed by atoms with E-state index in [0.29, 0.717) is 6.04 Å². The predicted octanol–water partition coefficient (Wildman–Crippen LogP) is 1.89. The monoisotopic (exact) mass is 217 g/mol. The van der Waals surface area contributed by atoms with Gasteiger partial charge in [0.1, 0.15) is 0 Å². The molecule has 0 aliphatic rings. The molecular formula is C12H27NO2. The third kappa shape index (κ3) is 4.96. The Balaban J connectivity index is 4.29. The van der Waals surface area contributed by atoms with Gasteiger partial charge in [0.05, 0.1) is 12.2 Å². The molecule has 1 atom stereocenters. The van der Waals surface area contributed by atoms with Gasteiger partial charge in [-0.2, -0.15) is 0 Å². The summed E-state index contributed by atoms with van der Waals surface area (Å²) in [6, 6.07) is 0.365. The minimum Gasteiger partial charge on any atom is -0.389 e. The van der Waals surface area contributed by atoms with Crippen molar-refractivity contribution < 1.29 is 9.84 Å². The molecule has 0 saturated carbocycles. The van der Waals surface area contributed by atoms with Crippen LogP contribution in [0.2, 0.25) is 0 Å². The third-order valence-corrected chi connectivity index (χ3v) is 3.25. The number of rotatable bonds is 8. The molecule has 0 aromatic carbocycles. The number of likely N-dealkylation sites (N-methyl/N-ethyl adjacent to an activating group) is 1. The van der Waals surface area contributed by atoms with Crippen molar-refractivity contribution in [1.82, 2.24) is 4.90 Å². The van der Waals surface area contributed by atoms with Gasteiger partial charge in [0, 0.05) is 19.7 Å².